The van der Waals surface area contributed by atoms with E-state index >= 15 is 0 Å². The molecule has 4 aromatic rings. The Bertz CT molecular complexity index is 2130. The lowest BCUT2D eigenvalue weighted by Gasteiger charge is -2.56. The summed E-state index contributed by atoms with van der Waals surface area (Å²) in [6.07, 6.45) is 1.98. The summed E-state index contributed by atoms with van der Waals surface area (Å²) in [6.45, 7) is 6.34. The summed E-state index contributed by atoms with van der Waals surface area (Å²) < 4.78 is 39.9. The lowest BCUT2D eigenvalue weighted by molar-refractivity contribution is -0.0846. The van der Waals surface area contributed by atoms with E-state index in [1.165, 1.54) is 0 Å². The lowest BCUT2D eigenvalue weighted by atomic mass is 9.55. The molecule has 2 aliphatic heterocycles. The van der Waals surface area contributed by atoms with Crippen molar-refractivity contribution >= 4 is 21.8 Å². The van der Waals surface area contributed by atoms with E-state index in [4.69, 9.17) is 28.4 Å². The van der Waals surface area contributed by atoms with Gasteiger partial charge in [-0.25, -0.2) is 0 Å². The van der Waals surface area contributed by atoms with E-state index in [9.17, 15) is 9.59 Å². The van der Waals surface area contributed by atoms with Gasteiger partial charge in [-0.15, -0.1) is 0 Å². The molecule has 10 heteroatoms. The molecule has 0 amide bonds. The number of ether oxygens (including phenoxy) is 6. The fraction of sp³-hybridized carbons (Fsp3) is 0.486. The van der Waals surface area contributed by atoms with Crippen LogP contribution in [-0.2, 0) is 19.5 Å². The van der Waals surface area contributed by atoms with Gasteiger partial charge in [0.2, 0.25) is 0 Å². The average molecular weight is 615 g/mol. The predicted octanol–water partition coefficient (Wildman–Crippen LogP) is 4.95. The molecule has 0 spiro atoms. The van der Waals surface area contributed by atoms with Crippen LogP contribution in [0.1, 0.15) is 57.1 Å². The molecule has 0 saturated heterocycles. The Morgan fingerprint density at radius 2 is 1.29 bits per heavy atom. The molecule has 2 aliphatic carbocycles. The quantitative estimate of drug-likeness (QED) is 0.319. The highest BCUT2D eigenvalue weighted by Gasteiger charge is 2.85. The maximum atomic E-state index is 14.5. The van der Waals surface area contributed by atoms with E-state index in [2.05, 4.69) is 20.8 Å². The second kappa shape index (κ2) is 8.47. The third-order valence-corrected chi connectivity index (χ3v) is 11.5. The first kappa shape index (κ1) is 28.2. The van der Waals surface area contributed by atoms with Gasteiger partial charge in [-0.1, -0.05) is 0 Å². The predicted molar refractivity (Wildman–Crippen MR) is 169 cm³/mol. The Morgan fingerprint density at radius 1 is 0.733 bits per heavy atom. The third kappa shape index (κ3) is 3.01. The number of hydrogen-bond acceptors (Lipinski definition) is 8. The number of pyridine rings is 2. The van der Waals surface area contributed by atoms with Gasteiger partial charge in [0.1, 0.15) is 33.7 Å². The summed E-state index contributed by atoms with van der Waals surface area (Å²) in [5.41, 5.74) is -0.127. The minimum Gasteiger partial charge on any atom is -0.493 e. The van der Waals surface area contributed by atoms with Crippen LogP contribution in [0.5, 0.6) is 34.5 Å². The standard InChI is InChI=1S/C35H38N2O8/c1-32(2)35-16-34(35,23-27(44-32)18-11-13-21(41-7)29(43-9)25(18)37(5)31(23)39)15-33(3)14-19(35)22-26(45-33)17-10-12-20(40-6)28(42-8)24(17)36(4)30(22)38/h10-13,19H,14-16H2,1-9H3/t19-,33-,34+,35+/m0/s1. The van der Waals surface area contributed by atoms with E-state index in [1.54, 1.807) is 51.7 Å². The topological polar surface area (TPSA) is 99.4 Å². The average Bonchev–Trinajstić information content (AvgIpc) is 3.71. The van der Waals surface area contributed by atoms with Crippen LogP contribution in [0.4, 0.5) is 0 Å². The number of fused-ring (bicyclic) bond motifs is 9. The first-order valence-electron chi connectivity index (χ1n) is 15.3. The molecule has 2 aromatic heterocycles. The van der Waals surface area contributed by atoms with E-state index in [0.29, 0.717) is 75.9 Å². The highest BCUT2D eigenvalue weighted by Crippen LogP contribution is 2.85. The summed E-state index contributed by atoms with van der Waals surface area (Å²) in [7, 11) is 9.85. The van der Waals surface area contributed by atoms with Crippen LogP contribution in [0.15, 0.2) is 33.9 Å². The van der Waals surface area contributed by atoms with Crippen LogP contribution in [0.25, 0.3) is 21.8 Å². The van der Waals surface area contributed by atoms with Crippen molar-refractivity contribution < 1.29 is 28.4 Å². The number of aryl methyl sites for hydroxylation is 2. The van der Waals surface area contributed by atoms with Crippen molar-refractivity contribution in [3.8, 4) is 34.5 Å². The molecule has 2 aromatic carbocycles. The first-order chi connectivity index (χ1) is 21.3. The summed E-state index contributed by atoms with van der Waals surface area (Å²) in [5.74, 6) is 3.01. The van der Waals surface area contributed by atoms with Gasteiger partial charge in [0, 0.05) is 41.6 Å². The maximum absolute atomic E-state index is 14.5. The minimum atomic E-state index is -0.718. The number of benzene rings is 2. The zero-order valence-corrected chi connectivity index (χ0v) is 27.2. The van der Waals surface area contributed by atoms with Gasteiger partial charge in [0.15, 0.2) is 23.0 Å². The highest BCUT2D eigenvalue weighted by molar-refractivity contribution is 5.95. The number of hydrogen-bond donors (Lipinski definition) is 0. The summed E-state index contributed by atoms with van der Waals surface area (Å²) >= 11 is 0. The molecule has 236 valence electrons. The smallest absolute Gasteiger partial charge is 0.258 e. The maximum Gasteiger partial charge on any atom is 0.258 e. The van der Waals surface area contributed by atoms with E-state index < -0.39 is 22.0 Å². The molecular weight excluding hydrogens is 576 g/mol. The van der Waals surface area contributed by atoms with Crippen LogP contribution >= 0.6 is 0 Å². The monoisotopic (exact) mass is 614 g/mol. The molecule has 0 N–H and O–H groups in total. The highest BCUT2D eigenvalue weighted by atomic mass is 16.5. The number of methoxy groups -OCH3 is 4. The second-order valence-corrected chi connectivity index (χ2v) is 13.9. The Morgan fingerprint density at radius 3 is 1.84 bits per heavy atom. The Balaban J connectivity index is 1.44. The van der Waals surface area contributed by atoms with E-state index in [1.807, 2.05) is 24.3 Å². The van der Waals surface area contributed by atoms with E-state index in [-0.39, 0.29) is 17.0 Å². The number of nitrogens with zero attached hydrogens (tertiary/aromatic N) is 2. The molecule has 2 bridgehead atoms. The largest absolute Gasteiger partial charge is 0.493 e. The van der Waals surface area contributed by atoms with Crippen molar-refractivity contribution in [1.82, 2.24) is 9.13 Å². The summed E-state index contributed by atoms with van der Waals surface area (Å²) in [4.78, 5) is 29.0. The molecule has 2 fully saturated rings. The number of rotatable bonds is 4. The van der Waals surface area contributed by atoms with Crippen LogP contribution in [0.2, 0.25) is 0 Å². The molecule has 10 nitrogen and oxygen atoms in total. The summed E-state index contributed by atoms with van der Waals surface area (Å²) in [6, 6.07) is 7.59. The van der Waals surface area contributed by atoms with Crippen LogP contribution in [0, 0.1) is 5.41 Å². The Hall–Kier alpha value is -4.34. The van der Waals surface area contributed by atoms with Crippen LogP contribution < -0.4 is 39.5 Å². The molecule has 4 heterocycles. The van der Waals surface area contributed by atoms with Crippen molar-refractivity contribution in [2.75, 3.05) is 28.4 Å². The SMILES string of the molecule is COc1ccc2c3c(c(=O)n(C)c2c1OC)[C@@H]1C[C@@](C)(C[C@]24C[C@]12C(C)(C)Oc1c4c(=O)n(C)c2c(OC)c(OC)ccc12)O3. The van der Waals surface area contributed by atoms with Crippen molar-refractivity contribution in [2.24, 2.45) is 19.5 Å². The first-order valence-corrected chi connectivity index (χ1v) is 15.3. The van der Waals surface area contributed by atoms with Gasteiger partial charge in [0.05, 0.1) is 39.6 Å². The lowest BCUT2D eigenvalue weighted by Crippen LogP contribution is -2.60. The van der Waals surface area contributed by atoms with Crippen molar-refractivity contribution in [2.45, 2.75) is 62.6 Å². The molecule has 0 radical (unpaired) electrons. The van der Waals surface area contributed by atoms with Crippen LogP contribution in [0.3, 0.4) is 0 Å². The molecule has 0 unspecified atom stereocenters. The fourth-order valence-electron chi connectivity index (χ4n) is 9.88. The molecule has 4 atom stereocenters. The fourth-order valence-corrected chi connectivity index (χ4v) is 9.88. The number of aromatic nitrogens is 2. The van der Waals surface area contributed by atoms with Gasteiger partial charge in [-0.2, -0.15) is 0 Å². The van der Waals surface area contributed by atoms with Crippen molar-refractivity contribution in [1.29, 1.82) is 0 Å². The summed E-state index contributed by atoms with van der Waals surface area (Å²) in [5, 5.41) is 1.58. The Labute approximate surface area is 260 Å². The second-order valence-electron chi connectivity index (χ2n) is 13.9. The zero-order chi connectivity index (χ0) is 32.0. The Kier molecular flexibility index (Phi) is 5.30. The van der Waals surface area contributed by atoms with Gasteiger partial charge in [-0.3, -0.25) is 9.59 Å². The molecule has 2 saturated carbocycles. The minimum absolute atomic E-state index is 0.131. The van der Waals surface area contributed by atoms with Gasteiger partial charge < -0.3 is 37.6 Å². The van der Waals surface area contributed by atoms with Gasteiger partial charge in [0.25, 0.3) is 11.1 Å². The van der Waals surface area contributed by atoms with Crippen molar-refractivity contribution in [3.63, 3.8) is 0 Å². The zero-order valence-electron chi connectivity index (χ0n) is 27.2. The van der Waals surface area contributed by atoms with Gasteiger partial charge in [-0.05, 0) is 64.3 Å². The van der Waals surface area contributed by atoms with Crippen LogP contribution in [-0.4, -0.2) is 48.8 Å². The van der Waals surface area contributed by atoms with Gasteiger partial charge >= 0.3 is 0 Å². The molecule has 4 aliphatic rings. The molecule has 8 rings (SSSR count). The normalized spacial score (nSPS) is 28.2. The van der Waals surface area contributed by atoms with E-state index in [0.717, 1.165) is 10.8 Å². The molecular formula is C35H38N2O8. The third-order valence-electron chi connectivity index (χ3n) is 11.5. The molecule has 45 heavy (non-hydrogen) atoms. The van der Waals surface area contributed by atoms with Crippen molar-refractivity contribution in [3.05, 3.63) is 56.1 Å².